The molecule has 0 aliphatic rings. The number of nitrogens with one attached hydrogen (secondary N) is 1. The van der Waals surface area contributed by atoms with Crippen molar-refractivity contribution in [2.75, 3.05) is 16.9 Å². The van der Waals surface area contributed by atoms with Crippen LogP contribution in [0.1, 0.15) is 0 Å². The average Bonchev–Trinajstić information content (AvgIpc) is 3.39. The molecule has 33 heavy (non-hydrogen) atoms. The predicted molar refractivity (Wildman–Crippen MR) is 129 cm³/mol. The number of thiazole rings is 1. The van der Waals surface area contributed by atoms with E-state index in [1.807, 2.05) is 0 Å². The molecular formula is C19H13Cl2N7O3S2. The fourth-order valence-corrected chi connectivity index (χ4v) is 4.64. The molecule has 14 heteroatoms. The Bertz CT molecular complexity index is 1360. The molecule has 10 nitrogen and oxygen atoms in total. The van der Waals surface area contributed by atoms with E-state index < -0.39 is 4.92 Å². The Hall–Kier alpha value is -3.19. The first kappa shape index (κ1) is 23.0. The van der Waals surface area contributed by atoms with Crippen LogP contribution in [0.5, 0.6) is 0 Å². The average molecular weight is 522 g/mol. The Kier molecular flexibility index (Phi) is 6.79. The summed E-state index contributed by atoms with van der Waals surface area (Å²) in [7, 11) is 0. The minimum absolute atomic E-state index is 0.00933. The maximum atomic E-state index is 12.4. The van der Waals surface area contributed by atoms with Gasteiger partial charge in [0, 0.05) is 33.7 Å². The largest absolute Gasteiger partial charge is 0.335 e. The Morgan fingerprint density at radius 1 is 1.24 bits per heavy atom. The number of rotatable bonds is 7. The summed E-state index contributed by atoms with van der Waals surface area (Å²) >= 11 is 14.4. The highest BCUT2D eigenvalue weighted by molar-refractivity contribution is 7.99. The van der Waals surface area contributed by atoms with Crippen LogP contribution in [0.4, 0.5) is 10.8 Å². The molecule has 3 N–H and O–H groups in total. The van der Waals surface area contributed by atoms with Gasteiger partial charge in [-0.25, -0.2) is 9.66 Å². The number of halogens is 2. The van der Waals surface area contributed by atoms with Crippen LogP contribution in [-0.4, -0.2) is 36.4 Å². The van der Waals surface area contributed by atoms with Gasteiger partial charge in [0.25, 0.3) is 5.69 Å². The number of carbonyl (C=O) groups excluding carboxylic acids is 1. The number of nitro benzene ring substituents is 1. The van der Waals surface area contributed by atoms with Gasteiger partial charge in [0.15, 0.2) is 11.0 Å². The third-order valence-electron chi connectivity index (χ3n) is 4.27. The van der Waals surface area contributed by atoms with Gasteiger partial charge in [0.05, 0.1) is 21.4 Å². The molecular weight excluding hydrogens is 509 g/mol. The minimum atomic E-state index is -0.474. The molecule has 2 aromatic carbocycles. The van der Waals surface area contributed by atoms with Crippen LogP contribution < -0.4 is 11.2 Å². The van der Waals surface area contributed by atoms with E-state index in [0.717, 1.165) is 11.8 Å². The number of carbonyl (C=O) groups is 1. The smallest absolute Gasteiger partial charge is 0.270 e. The van der Waals surface area contributed by atoms with Crippen molar-refractivity contribution in [2.45, 2.75) is 5.16 Å². The lowest BCUT2D eigenvalue weighted by molar-refractivity contribution is -0.384. The molecule has 0 aliphatic heterocycles. The highest BCUT2D eigenvalue weighted by Crippen LogP contribution is 2.31. The first-order chi connectivity index (χ1) is 15.8. The number of hydrogen-bond donors (Lipinski definition) is 2. The number of aromatic nitrogens is 4. The summed E-state index contributed by atoms with van der Waals surface area (Å²) in [6.45, 7) is 0. The number of nitrogen functional groups attached to an aromatic ring is 1. The maximum absolute atomic E-state index is 12.4. The standard InChI is InChI=1S/C19H13Cl2N7O3S2/c20-11-4-5-13(14(21)7-11)17-25-26-19(27(17)22)33-9-16(29)24-18-23-15(8-32-18)10-2-1-3-12(6-10)28(30)31/h1-8H,9,22H2,(H,23,24,29). The molecule has 4 rings (SSSR count). The second kappa shape index (κ2) is 9.75. The van der Waals surface area contributed by atoms with Gasteiger partial charge in [0.2, 0.25) is 11.1 Å². The molecule has 0 fully saturated rings. The molecule has 2 heterocycles. The molecule has 0 saturated carbocycles. The van der Waals surface area contributed by atoms with Gasteiger partial charge in [-0.15, -0.1) is 21.5 Å². The molecule has 4 aromatic rings. The molecule has 0 bridgehead atoms. The fourth-order valence-electron chi connectivity index (χ4n) is 2.76. The van der Waals surface area contributed by atoms with Gasteiger partial charge < -0.3 is 11.2 Å². The van der Waals surface area contributed by atoms with E-state index in [9.17, 15) is 14.9 Å². The second-order valence-electron chi connectivity index (χ2n) is 6.48. The monoisotopic (exact) mass is 521 g/mol. The second-order valence-corrected chi connectivity index (χ2v) is 9.13. The van der Waals surface area contributed by atoms with Crippen molar-refractivity contribution < 1.29 is 9.72 Å². The summed E-state index contributed by atoms with van der Waals surface area (Å²) in [6.07, 6.45) is 0. The van der Waals surface area contributed by atoms with Crippen LogP contribution in [0.3, 0.4) is 0 Å². The number of nitrogens with zero attached hydrogens (tertiary/aromatic N) is 5. The molecule has 0 atom stereocenters. The number of anilines is 1. The molecule has 2 aromatic heterocycles. The van der Waals surface area contributed by atoms with Gasteiger partial charge in [-0.2, -0.15) is 0 Å². The highest BCUT2D eigenvalue weighted by Gasteiger charge is 2.17. The summed E-state index contributed by atoms with van der Waals surface area (Å²) in [4.78, 5) is 27.2. The van der Waals surface area contributed by atoms with Gasteiger partial charge in [0.1, 0.15) is 0 Å². The molecule has 1 amide bonds. The van der Waals surface area contributed by atoms with E-state index in [1.165, 1.54) is 28.1 Å². The molecule has 168 valence electrons. The van der Waals surface area contributed by atoms with E-state index in [0.29, 0.717) is 43.0 Å². The number of benzene rings is 2. The van der Waals surface area contributed by atoms with Crippen LogP contribution in [0.25, 0.3) is 22.6 Å². The van der Waals surface area contributed by atoms with E-state index in [2.05, 4.69) is 20.5 Å². The molecule has 0 radical (unpaired) electrons. The topological polar surface area (TPSA) is 142 Å². The van der Waals surface area contributed by atoms with Crippen LogP contribution in [0, 0.1) is 10.1 Å². The first-order valence-electron chi connectivity index (χ1n) is 9.10. The summed E-state index contributed by atoms with van der Waals surface area (Å²) in [5, 5.41) is 25.0. The van der Waals surface area contributed by atoms with Crippen LogP contribution in [0.2, 0.25) is 10.0 Å². The zero-order chi connectivity index (χ0) is 23.5. The minimum Gasteiger partial charge on any atom is -0.335 e. The number of nitrogens with two attached hydrogens (primary N) is 1. The zero-order valence-corrected chi connectivity index (χ0v) is 19.6. The number of nitro groups is 1. The number of amides is 1. The van der Waals surface area contributed by atoms with E-state index in [1.54, 1.807) is 35.7 Å². The molecule has 0 saturated heterocycles. The molecule has 0 unspecified atom stereocenters. The van der Waals surface area contributed by atoms with Crippen molar-refractivity contribution in [1.29, 1.82) is 0 Å². The number of thioether (sulfide) groups is 1. The lowest BCUT2D eigenvalue weighted by Crippen LogP contribution is -2.16. The van der Waals surface area contributed by atoms with Gasteiger partial charge in [-0.05, 0) is 18.2 Å². The van der Waals surface area contributed by atoms with Gasteiger partial charge in [-0.3, -0.25) is 14.9 Å². The van der Waals surface area contributed by atoms with Crippen molar-refractivity contribution in [2.24, 2.45) is 0 Å². The van der Waals surface area contributed by atoms with Crippen molar-refractivity contribution in [3.8, 4) is 22.6 Å². The third-order valence-corrected chi connectivity index (χ3v) is 6.52. The maximum Gasteiger partial charge on any atom is 0.270 e. The summed E-state index contributed by atoms with van der Waals surface area (Å²) in [6, 6.07) is 11.0. The van der Waals surface area contributed by atoms with Crippen molar-refractivity contribution in [3.05, 3.63) is 68.0 Å². The Morgan fingerprint density at radius 2 is 2.06 bits per heavy atom. The summed E-state index contributed by atoms with van der Waals surface area (Å²) in [5.41, 5.74) is 1.63. The predicted octanol–water partition coefficient (Wildman–Crippen LogP) is 4.73. The quantitative estimate of drug-likeness (QED) is 0.154. The van der Waals surface area contributed by atoms with E-state index in [4.69, 9.17) is 29.0 Å². The highest BCUT2D eigenvalue weighted by atomic mass is 35.5. The lowest BCUT2D eigenvalue weighted by atomic mass is 10.1. The van der Waals surface area contributed by atoms with Crippen LogP contribution >= 0.6 is 46.3 Å². The Labute approximate surface area is 204 Å². The van der Waals surface area contributed by atoms with E-state index in [-0.39, 0.29) is 17.3 Å². The van der Waals surface area contributed by atoms with Gasteiger partial charge >= 0.3 is 0 Å². The Morgan fingerprint density at radius 3 is 2.82 bits per heavy atom. The molecule has 0 aliphatic carbocycles. The summed E-state index contributed by atoms with van der Waals surface area (Å²) in [5.74, 6) is 6.09. The third kappa shape index (κ3) is 5.25. The first-order valence-corrected chi connectivity index (χ1v) is 11.7. The normalized spacial score (nSPS) is 10.8. The van der Waals surface area contributed by atoms with E-state index >= 15 is 0 Å². The van der Waals surface area contributed by atoms with Crippen molar-refractivity contribution in [1.82, 2.24) is 19.9 Å². The zero-order valence-electron chi connectivity index (χ0n) is 16.4. The summed E-state index contributed by atoms with van der Waals surface area (Å²) < 4.78 is 1.25. The fraction of sp³-hybridized carbons (Fsp3) is 0.0526. The Balaban J connectivity index is 1.39. The number of hydrogen-bond acceptors (Lipinski definition) is 9. The van der Waals surface area contributed by atoms with Crippen molar-refractivity contribution in [3.63, 3.8) is 0 Å². The SMILES string of the molecule is Nn1c(SCC(=O)Nc2nc(-c3cccc([N+](=O)[O-])c3)cs2)nnc1-c1ccc(Cl)cc1Cl. The lowest BCUT2D eigenvalue weighted by Gasteiger charge is -2.05. The number of non-ortho nitro benzene ring substituents is 1. The van der Waals surface area contributed by atoms with Crippen LogP contribution in [0.15, 0.2) is 53.0 Å². The van der Waals surface area contributed by atoms with Gasteiger partial charge in [-0.1, -0.05) is 47.1 Å². The molecule has 0 spiro atoms. The van der Waals surface area contributed by atoms with Crippen molar-refractivity contribution >= 4 is 63.0 Å². The van der Waals surface area contributed by atoms with Crippen LogP contribution in [-0.2, 0) is 4.79 Å².